The fourth-order valence-corrected chi connectivity index (χ4v) is 8.13. The standard InChI is InChI=1S/C51H32N4O/c1-4-16-33(17-5-1)36-22-12-23-37(32-36)50-52-49(35-20-8-3-9-21-35)53-51(54-50)42-28-13-26-40-39-24-10-11-29-43(39)55(47(40)42)44-30-14-27-41-46-38(34-18-6-2-7-19-34)25-15-31-45(46)56-48(41)44/h1-32H. The van der Waals surface area contributed by atoms with Crippen molar-refractivity contribution in [3.05, 3.63) is 194 Å². The molecule has 262 valence electrons. The Morgan fingerprint density at radius 3 is 1.73 bits per heavy atom. The van der Waals surface area contributed by atoms with Crippen molar-refractivity contribution >= 4 is 43.7 Å². The van der Waals surface area contributed by atoms with Gasteiger partial charge < -0.3 is 8.98 Å². The third-order valence-corrected chi connectivity index (χ3v) is 10.7. The number of nitrogens with zero attached hydrogens (tertiary/aromatic N) is 4. The Balaban J connectivity index is 1.19. The van der Waals surface area contributed by atoms with E-state index in [0.29, 0.717) is 17.5 Å². The summed E-state index contributed by atoms with van der Waals surface area (Å²) in [6, 6.07) is 67.2. The average Bonchev–Trinajstić information content (AvgIpc) is 3.84. The summed E-state index contributed by atoms with van der Waals surface area (Å²) in [7, 11) is 0. The van der Waals surface area contributed by atoms with Crippen LogP contribution >= 0.6 is 0 Å². The average molecular weight is 717 g/mol. The second-order valence-electron chi connectivity index (χ2n) is 14.0. The number of rotatable bonds is 6. The second kappa shape index (κ2) is 13.0. The number of aromatic nitrogens is 4. The van der Waals surface area contributed by atoms with Crippen molar-refractivity contribution in [3.63, 3.8) is 0 Å². The molecular weight excluding hydrogens is 685 g/mol. The maximum atomic E-state index is 6.85. The minimum Gasteiger partial charge on any atom is -0.454 e. The van der Waals surface area contributed by atoms with Crippen LogP contribution in [0.25, 0.3) is 106 Å². The molecule has 8 aromatic carbocycles. The summed E-state index contributed by atoms with van der Waals surface area (Å²) < 4.78 is 9.18. The van der Waals surface area contributed by atoms with Crippen LogP contribution in [0.3, 0.4) is 0 Å². The highest BCUT2D eigenvalue weighted by atomic mass is 16.3. The van der Waals surface area contributed by atoms with Crippen LogP contribution in [0.5, 0.6) is 0 Å². The number of hydrogen-bond acceptors (Lipinski definition) is 4. The van der Waals surface area contributed by atoms with Gasteiger partial charge in [0.2, 0.25) is 0 Å². The minimum atomic E-state index is 0.594. The van der Waals surface area contributed by atoms with Gasteiger partial charge in [-0.1, -0.05) is 164 Å². The smallest absolute Gasteiger partial charge is 0.166 e. The summed E-state index contributed by atoms with van der Waals surface area (Å²) in [6.45, 7) is 0. The van der Waals surface area contributed by atoms with Gasteiger partial charge in [0.1, 0.15) is 5.58 Å². The van der Waals surface area contributed by atoms with Crippen LogP contribution < -0.4 is 0 Å². The zero-order chi connectivity index (χ0) is 37.0. The van der Waals surface area contributed by atoms with E-state index in [1.165, 1.54) is 0 Å². The number of fused-ring (bicyclic) bond motifs is 6. The van der Waals surface area contributed by atoms with Gasteiger partial charge in [-0.25, -0.2) is 15.0 Å². The van der Waals surface area contributed by atoms with Crippen molar-refractivity contribution in [2.24, 2.45) is 0 Å². The quantitative estimate of drug-likeness (QED) is 0.172. The van der Waals surface area contributed by atoms with Gasteiger partial charge in [0.05, 0.1) is 16.7 Å². The Bertz CT molecular complexity index is 3240. The highest BCUT2D eigenvalue weighted by Crippen LogP contribution is 2.43. The summed E-state index contributed by atoms with van der Waals surface area (Å²) in [4.78, 5) is 15.6. The van der Waals surface area contributed by atoms with E-state index in [2.05, 4.69) is 162 Å². The van der Waals surface area contributed by atoms with Crippen LogP contribution in [0.15, 0.2) is 199 Å². The zero-order valence-electron chi connectivity index (χ0n) is 30.2. The summed E-state index contributed by atoms with van der Waals surface area (Å²) in [6.07, 6.45) is 0. The van der Waals surface area contributed by atoms with E-state index >= 15 is 0 Å². The number of benzene rings is 8. The van der Waals surface area contributed by atoms with Crippen molar-refractivity contribution in [3.8, 4) is 62.1 Å². The molecule has 0 atom stereocenters. The molecule has 5 heteroatoms. The number of furan rings is 1. The van der Waals surface area contributed by atoms with Gasteiger partial charge in [0, 0.05) is 38.2 Å². The Hall–Kier alpha value is -7.63. The zero-order valence-corrected chi connectivity index (χ0v) is 30.2. The van der Waals surface area contributed by atoms with Crippen LogP contribution in [-0.2, 0) is 0 Å². The van der Waals surface area contributed by atoms with Crippen LogP contribution in [0.4, 0.5) is 0 Å². The van der Waals surface area contributed by atoms with Crippen molar-refractivity contribution < 1.29 is 4.42 Å². The van der Waals surface area contributed by atoms with Gasteiger partial charge in [0.15, 0.2) is 23.1 Å². The maximum Gasteiger partial charge on any atom is 0.166 e. The fourth-order valence-electron chi connectivity index (χ4n) is 8.13. The van der Waals surface area contributed by atoms with E-state index < -0.39 is 0 Å². The van der Waals surface area contributed by atoms with Crippen LogP contribution in [-0.4, -0.2) is 19.5 Å². The van der Waals surface area contributed by atoms with Crippen LogP contribution in [0.2, 0.25) is 0 Å². The lowest BCUT2D eigenvalue weighted by Gasteiger charge is -2.13. The van der Waals surface area contributed by atoms with Crippen molar-refractivity contribution in [1.82, 2.24) is 19.5 Å². The lowest BCUT2D eigenvalue weighted by atomic mass is 9.99. The lowest BCUT2D eigenvalue weighted by molar-refractivity contribution is 0.666. The molecule has 0 saturated carbocycles. The molecule has 0 aliphatic carbocycles. The van der Waals surface area contributed by atoms with Crippen LogP contribution in [0.1, 0.15) is 0 Å². The molecule has 0 aliphatic rings. The normalized spacial score (nSPS) is 11.6. The van der Waals surface area contributed by atoms with E-state index in [4.69, 9.17) is 19.4 Å². The Kier molecular flexibility index (Phi) is 7.42. The summed E-state index contributed by atoms with van der Waals surface area (Å²) in [5.74, 6) is 1.82. The van der Waals surface area contributed by atoms with E-state index in [0.717, 1.165) is 88.4 Å². The Morgan fingerprint density at radius 2 is 0.929 bits per heavy atom. The molecule has 11 aromatic rings. The summed E-state index contributed by atoms with van der Waals surface area (Å²) in [5.41, 5.74) is 12.0. The van der Waals surface area contributed by atoms with Crippen molar-refractivity contribution in [2.75, 3.05) is 0 Å². The SMILES string of the molecule is c1ccc(-c2cccc(-c3nc(-c4ccccc4)nc(-c4cccc5c6ccccc6n(-c6cccc7c6oc6cccc(-c8ccccc8)c67)c45)n3)c2)cc1. The highest BCUT2D eigenvalue weighted by Gasteiger charge is 2.23. The van der Waals surface area contributed by atoms with Gasteiger partial charge >= 0.3 is 0 Å². The molecule has 0 saturated heterocycles. The Morgan fingerprint density at radius 1 is 0.375 bits per heavy atom. The molecule has 3 aromatic heterocycles. The summed E-state index contributed by atoms with van der Waals surface area (Å²) >= 11 is 0. The first-order chi connectivity index (χ1) is 27.8. The number of hydrogen-bond donors (Lipinski definition) is 0. The van der Waals surface area contributed by atoms with Crippen molar-refractivity contribution in [1.29, 1.82) is 0 Å². The first-order valence-corrected chi connectivity index (χ1v) is 18.8. The van der Waals surface area contributed by atoms with E-state index in [1.807, 2.05) is 36.4 Å². The molecule has 0 fully saturated rings. The first kappa shape index (κ1) is 31.9. The van der Waals surface area contributed by atoms with Gasteiger partial charge in [-0.15, -0.1) is 0 Å². The molecule has 5 nitrogen and oxygen atoms in total. The van der Waals surface area contributed by atoms with Gasteiger partial charge in [-0.2, -0.15) is 0 Å². The van der Waals surface area contributed by atoms with E-state index in [1.54, 1.807) is 0 Å². The molecule has 0 unspecified atom stereocenters. The predicted octanol–water partition coefficient (Wildman–Crippen LogP) is 13.2. The minimum absolute atomic E-state index is 0.594. The molecule has 0 amide bonds. The number of para-hydroxylation sites is 3. The fraction of sp³-hybridized carbons (Fsp3) is 0. The maximum absolute atomic E-state index is 6.85. The third-order valence-electron chi connectivity index (χ3n) is 10.7. The van der Waals surface area contributed by atoms with Crippen molar-refractivity contribution in [2.45, 2.75) is 0 Å². The molecule has 11 rings (SSSR count). The molecule has 0 spiro atoms. The Labute approximate surface area is 322 Å². The van der Waals surface area contributed by atoms with Crippen LogP contribution in [0, 0.1) is 0 Å². The van der Waals surface area contributed by atoms with E-state index in [9.17, 15) is 0 Å². The molecule has 3 heterocycles. The molecule has 0 aliphatic heterocycles. The molecule has 0 N–H and O–H groups in total. The predicted molar refractivity (Wildman–Crippen MR) is 229 cm³/mol. The molecule has 0 radical (unpaired) electrons. The molecule has 0 bridgehead atoms. The third kappa shape index (κ3) is 5.21. The molecule has 56 heavy (non-hydrogen) atoms. The lowest BCUT2D eigenvalue weighted by Crippen LogP contribution is -2.02. The van der Waals surface area contributed by atoms with E-state index in [-0.39, 0.29) is 0 Å². The molecular formula is C51H32N4O. The first-order valence-electron chi connectivity index (χ1n) is 18.8. The van der Waals surface area contributed by atoms with Gasteiger partial charge in [0.25, 0.3) is 0 Å². The largest absolute Gasteiger partial charge is 0.454 e. The second-order valence-corrected chi connectivity index (χ2v) is 14.0. The highest BCUT2D eigenvalue weighted by molar-refractivity contribution is 6.17. The van der Waals surface area contributed by atoms with Gasteiger partial charge in [-0.3, -0.25) is 0 Å². The topological polar surface area (TPSA) is 56.7 Å². The summed E-state index contributed by atoms with van der Waals surface area (Å²) in [5, 5.41) is 4.40. The monoisotopic (exact) mass is 716 g/mol. The van der Waals surface area contributed by atoms with Gasteiger partial charge in [-0.05, 0) is 52.6 Å².